The zero-order chi connectivity index (χ0) is 18.1. The summed E-state index contributed by atoms with van der Waals surface area (Å²) < 4.78 is 12.7. The van der Waals surface area contributed by atoms with Crippen LogP contribution in [0, 0.1) is 0 Å². The summed E-state index contributed by atoms with van der Waals surface area (Å²) in [6.45, 7) is 1.38. The Bertz CT molecular complexity index is 814. The molecule has 0 amide bonds. The number of anilines is 1. The first-order valence-corrected chi connectivity index (χ1v) is 9.08. The average molecular weight is 353 g/mol. The lowest BCUT2D eigenvalue weighted by Gasteiger charge is -2.24. The number of amidine groups is 1. The van der Waals surface area contributed by atoms with E-state index in [2.05, 4.69) is 21.6 Å². The summed E-state index contributed by atoms with van der Waals surface area (Å²) in [6.07, 6.45) is 3.22. The lowest BCUT2D eigenvalue weighted by atomic mass is 10.0. The van der Waals surface area contributed by atoms with E-state index in [1.54, 1.807) is 14.2 Å². The SMILES string of the molecule is COc1ccc(N2C[C@](O)(c3ccc(OC)cc3)[N+]3=C2CCCC3)cc1. The summed E-state index contributed by atoms with van der Waals surface area (Å²) in [7, 11) is 3.33. The van der Waals surface area contributed by atoms with Gasteiger partial charge in [0.25, 0.3) is 11.6 Å². The second kappa shape index (κ2) is 6.65. The fourth-order valence-corrected chi connectivity index (χ4v) is 4.00. The number of ether oxygens (including phenoxy) is 2. The van der Waals surface area contributed by atoms with E-state index < -0.39 is 5.72 Å². The summed E-state index contributed by atoms with van der Waals surface area (Å²) in [5.74, 6) is 2.83. The molecule has 1 N–H and O–H groups in total. The fourth-order valence-electron chi connectivity index (χ4n) is 4.00. The molecule has 0 aromatic heterocycles. The Kier molecular flexibility index (Phi) is 4.32. The molecule has 2 heterocycles. The van der Waals surface area contributed by atoms with E-state index in [4.69, 9.17) is 9.47 Å². The van der Waals surface area contributed by atoms with E-state index in [0.29, 0.717) is 6.54 Å². The van der Waals surface area contributed by atoms with Gasteiger partial charge in [-0.15, -0.1) is 0 Å². The molecule has 136 valence electrons. The zero-order valence-corrected chi connectivity index (χ0v) is 15.3. The van der Waals surface area contributed by atoms with Gasteiger partial charge in [-0.05, 0) is 61.4 Å². The van der Waals surface area contributed by atoms with Crippen molar-refractivity contribution in [3.8, 4) is 11.5 Å². The third kappa shape index (κ3) is 2.72. The fraction of sp³-hybridized carbons (Fsp3) is 0.381. The van der Waals surface area contributed by atoms with Crippen molar-refractivity contribution >= 4 is 11.5 Å². The van der Waals surface area contributed by atoms with E-state index in [1.807, 2.05) is 36.4 Å². The molecule has 5 nitrogen and oxygen atoms in total. The van der Waals surface area contributed by atoms with Crippen LogP contribution in [0.3, 0.4) is 0 Å². The Morgan fingerprint density at radius 3 is 2.15 bits per heavy atom. The molecule has 2 aromatic rings. The van der Waals surface area contributed by atoms with Crippen molar-refractivity contribution in [3.63, 3.8) is 0 Å². The van der Waals surface area contributed by atoms with Gasteiger partial charge in [-0.2, -0.15) is 0 Å². The third-order valence-electron chi connectivity index (χ3n) is 5.42. The number of aliphatic hydroxyl groups is 1. The lowest BCUT2D eigenvalue weighted by molar-refractivity contribution is -0.661. The van der Waals surface area contributed by atoms with E-state index in [9.17, 15) is 5.11 Å². The smallest absolute Gasteiger partial charge is 0.271 e. The maximum atomic E-state index is 11.7. The van der Waals surface area contributed by atoms with Crippen molar-refractivity contribution in [1.29, 1.82) is 0 Å². The van der Waals surface area contributed by atoms with Crippen molar-refractivity contribution < 1.29 is 19.2 Å². The Morgan fingerprint density at radius 1 is 0.923 bits per heavy atom. The lowest BCUT2D eigenvalue weighted by Crippen LogP contribution is -2.41. The Morgan fingerprint density at radius 2 is 1.54 bits per heavy atom. The predicted molar refractivity (Wildman–Crippen MR) is 101 cm³/mol. The van der Waals surface area contributed by atoms with Gasteiger partial charge in [0.15, 0.2) is 6.54 Å². The molecular weight excluding hydrogens is 328 g/mol. The van der Waals surface area contributed by atoms with Crippen molar-refractivity contribution in [1.82, 2.24) is 0 Å². The summed E-state index contributed by atoms with van der Waals surface area (Å²) in [5.41, 5.74) is 0.952. The van der Waals surface area contributed by atoms with Crippen LogP contribution in [0.4, 0.5) is 5.69 Å². The van der Waals surface area contributed by atoms with Crippen LogP contribution in [-0.4, -0.2) is 42.8 Å². The van der Waals surface area contributed by atoms with Gasteiger partial charge in [-0.25, -0.2) is 9.48 Å². The number of methoxy groups -OCH3 is 2. The van der Waals surface area contributed by atoms with Crippen molar-refractivity contribution in [2.45, 2.75) is 25.0 Å². The minimum atomic E-state index is -1.03. The first-order chi connectivity index (χ1) is 12.7. The van der Waals surface area contributed by atoms with E-state index in [0.717, 1.165) is 48.6 Å². The van der Waals surface area contributed by atoms with Crippen LogP contribution in [0.25, 0.3) is 0 Å². The molecule has 0 aliphatic carbocycles. The van der Waals surface area contributed by atoms with Crippen LogP contribution < -0.4 is 14.4 Å². The van der Waals surface area contributed by atoms with Gasteiger partial charge in [0.05, 0.1) is 20.8 Å². The van der Waals surface area contributed by atoms with Crippen LogP contribution in [0.1, 0.15) is 24.8 Å². The zero-order valence-electron chi connectivity index (χ0n) is 15.3. The Labute approximate surface area is 154 Å². The Hall–Kier alpha value is -2.53. The highest BCUT2D eigenvalue weighted by atomic mass is 16.5. The van der Waals surface area contributed by atoms with Crippen molar-refractivity contribution in [3.05, 3.63) is 54.1 Å². The maximum Gasteiger partial charge on any atom is 0.271 e. The number of hydrogen-bond acceptors (Lipinski definition) is 4. The van der Waals surface area contributed by atoms with Gasteiger partial charge >= 0.3 is 0 Å². The molecule has 2 aliphatic rings. The van der Waals surface area contributed by atoms with Crippen LogP contribution in [0.15, 0.2) is 48.5 Å². The van der Waals surface area contributed by atoms with Crippen LogP contribution in [0.5, 0.6) is 11.5 Å². The second-order valence-electron chi connectivity index (χ2n) is 6.85. The molecule has 2 aliphatic heterocycles. The van der Waals surface area contributed by atoms with E-state index >= 15 is 0 Å². The first-order valence-electron chi connectivity index (χ1n) is 9.08. The van der Waals surface area contributed by atoms with Gasteiger partial charge in [-0.3, -0.25) is 0 Å². The molecule has 2 aromatic carbocycles. The molecule has 26 heavy (non-hydrogen) atoms. The molecule has 0 bridgehead atoms. The Balaban J connectivity index is 1.73. The molecule has 0 fully saturated rings. The topological polar surface area (TPSA) is 44.9 Å². The van der Waals surface area contributed by atoms with Gasteiger partial charge in [0.1, 0.15) is 17.2 Å². The standard InChI is InChI=1S/C21H25N2O3/c1-25-18-10-6-16(7-11-18)21(24)15-22(20-5-3-4-14-23(20)21)17-8-12-19(26-2)13-9-17/h6-13,24H,3-5,14-15H2,1-2H3/q+1/t21-/m0/s1. The highest BCUT2D eigenvalue weighted by molar-refractivity contribution is 5.96. The molecule has 0 saturated heterocycles. The summed E-state index contributed by atoms with van der Waals surface area (Å²) >= 11 is 0. The van der Waals surface area contributed by atoms with Crippen LogP contribution >= 0.6 is 0 Å². The third-order valence-corrected chi connectivity index (χ3v) is 5.42. The predicted octanol–water partition coefficient (Wildman–Crippen LogP) is 2.96. The molecule has 0 unspecified atom stereocenters. The quantitative estimate of drug-likeness (QED) is 0.859. The molecule has 0 radical (unpaired) electrons. The van der Waals surface area contributed by atoms with Gasteiger partial charge < -0.3 is 14.6 Å². The van der Waals surface area contributed by atoms with Crippen LogP contribution in [0.2, 0.25) is 0 Å². The monoisotopic (exact) mass is 353 g/mol. The normalized spacial score (nSPS) is 22.3. The first kappa shape index (κ1) is 16.9. The molecule has 0 spiro atoms. The summed E-state index contributed by atoms with van der Waals surface area (Å²) in [4.78, 5) is 2.24. The van der Waals surface area contributed by atoms with Gasteiger partial charge in [-0.1, -0.05) is 0 Å². The molecule has 1 atom stereocenters. The van der Waals surface area contributed by atoms with Gasteiger partial charge in [0.2, 0.25) is 0 Å². The van der Waals surface area contributed by atoms with E-state index in [-0.39, 0.29) is 0 Å². The minimum absolute atomic E-state index is 0.515. The van der Waals surface area contributed by atoms with Crippen molar-refractivity contribution in [2.24, 2.45) is 0 Å². The molecule has 0 saturated carbocycles. The molecular formula is C21H25N2O3+. The largest absolute Gasteiger partial charge is 0.497 e. The number of nitrogens with zero attached hydrogens (tertiary/aromatic N) is 2. The summed E-state index contributed by atoms with van der Waals surface area (Å²) in [6, 6.07) is 15.8. The highest BCUT2D eigenvalue weighted by Gasteiger charge is 2.52. The molecule has 4 rings (SSSR count). The second-order valence-corrected chi connectivity index (χ2v) is 6.85. The maximum absolute atomic E-state index is 11.7. The number of β-amino-alcohol motifs (C(OH)–C–C–N with tert-alkyl or cyclic N) is 1. The van der Waals surface area contributed by atoms with Gasteiger partial charge in [0, 0.05) is 12.0 Å². The average Bonchev–Trinajstić information content (AvgIpc) is 3.02. The number of benzene rings is 2. The number of hydrogen-bond donors (Lipinski definition) is 1. The summed E-state index contributed by atoms with van der Waals surface area (Å²) in [5, 5.41) is 11.7. The highest BCUT2D eigenvalue weighted by Crippen LogP contribution is 2.36. The van der Waals surface area contributed by atoms with Crippen LogP contribution in [-0.2, 0) is 5.72 Å². The van der Waals surface area contributed by atoms with Crippen molar-refractivity contribution in [2.75, 3.05) is 32.2 Å². The minimum Gasteiger partial charge on any atom is -0.497 e. The number of rotatable bonds is 4. The van der Waals surface area contributed by atoms with E-state index in [1.165, 1.54) is 5.84 Å². The molecule has 5 heteroatoms.